The molecule has 1 spiro atoms. The van der Waals surface area contributed by atoms with Crippen LogP contribution in [0.25, 0.3) is 0 Å². The minimum Gasteiger partial charge on any atom is -0.357 e. The highest BCUT2D eigenvalue weighted by Gasteiger charge is 2.46. The van der Waals surface area contributed by atoms with Crippen LogP contribution in [0.4, 0.5) is 0 Å². The van der Waals surface area contributed by atoms with Crippen molar-refractivity contribution in [2.75, 3.05) is 13.1 Å². The van der Waals surface area contributed by atoms with Crippen molar-refractivity contribution in [2.24, 2.45) is 0 Å². The number of rotatable bonds is 2. The number of nitrogens with zero attached hydrogens (tertiary/aromatic N) is 2. The van der Waals surface area contributed by atoms with E-state index in [1.165, 1.54) is 0 Å². The van der Waals surface area contributed by atoms with Crippen LogP contribution in [-0.4, -0.2) is 45.3 Å². The maximum atomic E-state index is 12.4. The molecule has 24 heavy (non-hydrogen) atoms. The molecule has 0 unspecified atom stereocenters. The number of pyridine rings is 1. The number of piperidine rings is 1. The van der Waals surface area contributed by atoms with Crippen LogP contribution in [0.15, 0.2) is 42.9 Å². The first kappa shape index (κ1) is 14.9. The molecular weight excluding hydrogens is 304 g/mol. The summed E-state index contributed by atoms with van der Waals surface area (Å²) in [6.07, 6.45) is 7.60. The fraction of sp³-hybridized carbons (Fsp3) is 0.389. The van der Waals surface area contributed by atoms with Crippen LogP contribution in [0.1, 0.15) is 41.2 Å². The Bertz CT molecular complexity index is 734. The van der Waals surface area contributed by atoms with Crippen LogP contribution in [0.5, 0.6) is 0 Å². The molecule has 2 aromatic rings. The molecule has 0 saturated carbocycles. The van der Waals surface area contributed by atoms with E-state index >= 15 is 0 Å². The molecule has 2 aliphatic heterocycles. The highest BCUT2D eigenvalue weighted by atomic mass is 16.2. The quantitative estimate of drug-likeness (QED) is 0.882. The smallest absolute Gasteiger partial charge is 0.270 e. The van der Waals surface area contributed by atoms with Gasteiger partial charge in [0, 0.05) is 37.2 Å². The van der Waals surface area contributed by atoms with Gasteiger partial charge in [-0.05, 0) is 49.1 Å². The van der Waals surface area contributed by atoms with Gasteiger partial charge in [0.25, 0.3) is 5.91 Å². The highest BCUT2D eigenvalue weighted by molar-refractivity contribution is 5.92. The molecule has 124 valence electrons. The molecule has 0 bridgehead atoms. The second kappa shape index (κ2) is 5.78. The molecule has 0 aliphatic carbocycles. The largest absolute Gasteiger partial charge is 0.357 e. The Morgan fingerprint density at radius 3 is 2.62 bits per heavy atom. The molecule has 2 amide bonds. The molecule has 6 nitrogen and oxygen atoms in total. The molecule has 0 radical (unpaired) electrons. The van der Waals surface area contributed by atoms with Gasteiger partial charge in [0.05, 0.1) is 5.92 Å². The normalized spacial score (nSPS) is 22.6. The van der Waals surface area contributed by atoms with Gasteiger partial charge >= 0.3 is 0 Å². The lowest BCUT2D eigenvalue weighted by molar-refractivity contribution is -0.121. The fourth-order valence-electron chi connectivity index (χ4n) is 3.85. The van der Waals surface area contributed by atoms with Crippen molar-refractivity contribution in [3.8, 4) is 0 Å². The van der Waals surface area contributed by atoms with E-state index in [9.17, 15) is 9.59 Å². The summed E-state index contributed by atoms with van der Waals surface area (Å²) in [6, 6.07) is 7.44. The van der Waals surface area contributed by atoms with Crippen molar-refractivity contribution in [1.82, 2.24) is 20.2 Å². The SMILES string of the molecule is O=C1NC2(CCN(C(=O)c3ccc[nH]3)CC2)C[C@H]1c1ccncc1. The molecule has 4 heterocycles. The average molecular weight is 324 g/mol. The van der Waals surface area contributed by atoms with Gasteiger partial charge in [0.1, 0.15) is 5.69 Å². The fourth-order valence-corrected chi connectivity index (χ4v) is 3.85. The predicted molar refractivity (Wildman–Crippen MR) is 88.4 cm³/mol. The van der Waals surface area contributed by atoms with E-state index in [0.717, 1.165) is 24.8 Å². The minimum atomic E-state index is -0.183. The summed E-state index contributed by atoms with van der Waals surface area (Å²) in [7, 11) is 0. The van der Waals surface area contributed by atoms with Crippen LogP contribution in [0, 0.1) is 0 Å². The Morgan fingerprint density at radius 2 is 1.96 bits per heavy atom. The van der Waals surface area contributed by atoms with Gasteiger partial charge in [-0.25, -0.2) is 0 Å². The zero-order valence-corrected chi connectivity index (χ0v) is 13.4. The molecular formula is C18H20N4O2. The molecule has 2 aliphatic rings. The molecule has 2 saturated heterocycles. The van der Waals surface area contributed by atoms with Crippen molar-refractivity contribution in [3.63, 3.8) is 0 Å². The number of carbonyl (C=O) groups is 2. The summed E-state index contributed by atoms with van der Waals surface area (Å²) < 4.78 is 0. The second-order valence-corrected chi connectivity index (χ2v) is 6.68. The topological polar surface area (TPSA) is 78.1 Å². The van der Waals surface area contributed by atoms with Crippen molar-refractivity contribution in [1.29, 1.82) is 0 Å². The van der Waals surface area contributed by atoms with Crippen LogP contribution in [0.2, 0.25) is 0 Å². The Morgan fingerprint density at radius 1 is 1.21 bits per heavy atom. The zero-order chi connectivity index (χ0) is 16.6. The summed E-state index contributed by atoms with van der Waals surface area (Å²) in [5.41, 5.74) is 1.46. The maximum Gasteiger partial charge on any atom is 0.270 e. The molecule has 1 atom stereocenters. The van der Waals surface area contributed by atoms with Gasteiger partial charge in [0.15, 0.2) is 0 Å². The third-order valence-electron chi connectivity index (χ3n) is 5.24. The van der Waals surface area contributed by atoms with E-state index in [-0.39, 0.29) is 23.3 Å². The predicted octanol–water partition coefficient (Wildman–Crippen LogP) is 1.69. The summed E-state index contributed by atoms with van der Waals surface area (Å²) in [6.45, 7) is 1.34. The van der Waals surface area contributed by atoms with E-state index in [1.807, 2.05) is 23.1 Å². The second-order valence-electron chi connectivity index (χ2n) is 6.68. The lowest BCUT2D eigenvalue weighted by atomic mass is 9.82. The summed E-state index contributed by atoms with van der Waals surface area (Å²) >= 11 is 0. The van der Waals surface area contributed by atoms with Crippen molar-refractivity contribution in [3.05, 3.63) is 54.1 Å². The van der Waals surface area contributed by atoms with Crippen LogP contribution in [0.3, 0.4) is 0 Å². The van der Waals surface area contributed by atoms with Crippen molar-refractivity contribution in [2.45, 2.75) is 30.7 Å². The first-order valence-electron chi connectivity index (χ1n) is 8.32. The molecule has 6 heteroatoms. The molecule has 0 aromatic carbocycles. The standard InChI is InChI=1S/C18H20N4O2/c23-16-14(13-3-8-19-9-4-13)12-18(21-16)5-10-22(11-6-18)17(24)15-2-1-7-20-15/h1-4,7-9,14,20H,5-6,10-12H2,(H,21,23)/t14-/m0/s1. The summed E-state index contributed by atoms with van der Waals surface area (Å²) in [4.78, 5) is 33.7. The Balaban J connectivity index is 1.44. The number of likely N-dealkylation sites (tertiary alicyclic amines) is 1. The van der Waals surface area contributed by atoms with Gasteiger partial charge in [-0.3, -0.25) is 14.6 Å². The maximum absolute atomic E-state index is 12.4. The van der Waals surface area contributed by atoms with Crippen molar-refractivity contribution < 1.29 is 9.59 Å². The number of aromatic nitrogens is 2. The first-order valence-corrected chi connectivity index (χ1v) is 8.32. The average Bonchev–Trinajstić information content (AvgIpc) is 3.25. The summed E-state index contributed by atoms with van der Waals surface area (Å²) in [5.74, 6) is 0.00820. The third-order valence-corrected chi connectivity index (χ3v) is 5.24. The third kappa shape index (κ3) is 2.58. The van der Waals surface area contributed by atoms with Crippen LogP contribution < -0.4 is 5.32 Å². The van der Waals surface area contributed by atoms with E-state index in [4.69, 9.17) is 0 Å². The Labute approximate surface area is 140 Å². The number of carbonyl (C=O) groups excluding carboxylic acids is 2. The van der Waals surface area contributed by atoms with Crippen LogP contribution in [-0.2, 0) is 4.79 Å². The zero-order valence-electron chi connectivity index (χ0n) is 13.4. The van der Waals surface area contributed by atoms with Crippen LogP contribution >= 0.6 is 0 Å². The van der Waals surface area contributed by atoms with E-state index < -0.39 is 0 Å². The van der Waals surface area contributed by atoms with Gasteiger partial charge in [-0.15, -0.1) is 0 Å². The number of hydrogen-bond acceptors (Lipinski definition) is 3. The number of H-pyrrole nitrogens is 1. The van der Waals surface area contributed by atoms with E-state index in [0.29, 0.717) is 18.8 Å². The molecule has 2 aromatic heterocycles. The lowest BCUT2D eigenvalue weighted by Crippen LogP contribution is -2.52. The van der Waals surface area contributed by atoms with Gasteiger partial charge in [0.2, 0.25) is 5.91 Å². The molecule has 4 rings (SSSR count). The van der Waals surface area contributed by atoms with Gasteiger partial charge < -0.3 is 15.2 Å². The highest BCUT2D eigenvalue weighted by Crippen LogP contribution is 2.39. The number of nitrogens with one attached hydrogen (secondary N) is 2. The summed E-state index contributed by atoms with van der Waals surface area (Å²) in [5, 5.41) is 3.21. The molecule has 2 fully saturated rings. The van der Waals surface area contributed by atoms with Gasteiger partial charge in [-0.2, -0.15) is 0 Å². The van der Waals surface area contributed by atoms with Gasteiger partial charge in [-0.1, -0.05) is 0 Å². The number of hydrogen-bond donors (Lipinski definition) is 2. The first-order chi connectivity index (χ1) is 11.7. The number of aromatic amines is 1. The lowest BCUT2D eigenvalue weighted by Gasteiger charge is -2.39. The number of amides is 2. The van der Waals surface area contributed by atoms with E-state index in [1.54, 1.807) is 24.7 Å². The van der Waals surface area contributed by atoms with E-state index in [2.05, 4.69) is 15.3 Å². The monoisotopic (exact) mass is 324 g/mol. The minimum absolute atomic E-state index is 0.0323. The Kier molecular flexibility index (Phi) is 3.59. The Hall–Kier alpha value is -2.63. The molecule has 2 N–H and O–H groups in total. The van der Waals surface area contributed by atoms with Crippen molar-refractivity contribution >= 4 is 11.8 Å².